The lowest BCUT2D eigenvalue weighted by molar-refractivity contribution is -0.145. The van der Waals surface area contributed by atoms with Crippen LogP contribution in [-0.2, 0) is 10.2 Å². The van der Waals surface area contributed by atoms with Crippen molar-refractivity contribution in [2.24, 2.45) is 0 Å². The average Bonchev–Trinajstić information content (AvgIpc) is 2.57. The predicted molar refractivity (Wildman–Crippen MR) is 84.4 cm³/mol. The molecule has 0 radical (unpaired) electrons. The van der Waals surface area contributed by atoms with Gasteiger partial charge in [-0.3, -0.25) is 4.79 Å². The summed E-state index contributed by atoms with van der Waals surface area (Å²) in [5.41, 5.74) is -0.121. The van der Waals surface area contributed by atoms with Gasteiger partial charge in [0, 0.05) is 5.56 Å². The molecule has 1 fully saturated rings. The number of carboxylic acids is 1. The van der Waals surface area contributed by atoms with Gasteiger partial charge in [0.2, 0.25) is 0 Å². The van der Waals surface area contributed by atoms with Crippen LogP contribution in [0.4, 0.5) is 0 Å². The summed E-state index contributed by atoms with van der Waals surface area (Å²) in [6, 6.07) is 16.9. The third kappa shape index (κ3) is 2.70. The van der Waals surface area contributed by atoms with Crippen molar-refractivity contribution < 1.29 is 14.6 Å². The van der Waals surface area contributed by atoms with Gasteiger partial charge in [-0.2, -0.15) is 0 Å². The van der Waals surface area contributed by atoms with Gasteiger partial charge in [0.25, 0.3) is 0 Å². The van der Waals surface area contributed by atoms with Gasteiger partial charge in [-0.05, 0) is 44.1 Å². The first-order valence-corrected chi connectivity index (χ1v) is 7.49. The number of aliphatic carboxylic acids is 1. The van der Waals surface area contributed by atoms with Crippen molar-refractivity contribution in [1.29, 1.82) is 0 Å². The molecule has 2 aromatic carbocycles. The van der Waals surface area contributed by atoms with Gasteiger partial charge in [-0.15, -0.1) is 0 Å². The number of carboxylic acid groups (broad SMARTS) is 1. The summed E-state index contributed by atoms with van der Waals surface area (Å²) < 4.78 is 5.95. The van der Waals surface area contributed by atoms with Crippen molar-refractivity contribution in [3.63, 3.8) is 0 Å². The first kappa shape index (κ1) is 14.6. The van der Waals surface area contributed by atoms with Gasteiger partial charge in [0.15, 0.2) is 0 Å². The van der Waals surface area contributed by atoms with E-state index in [0.29, 0.717) is 37.4 Å². The maximum atomic E-state index is 12.0. The van der Waals surface area contributed by atoms with E-state index in [2.05, 4.69) is 5.32 Å². The molecule has 1 heterocycles. The lowest BCUT2D eigenvalue weighted by atomic mass is 9.73. The smallest absolute Gasteiger partial charge is 0.314 e. The molecule has 1 aliphatic heterocycles. The fourth-order valence-electron chi connectivity index (χ4n) is 3.02. The lowest BCUT2D eigenvalue weighted by Gasteiger charge is -2.35. The van der Waals surface area contributed by atoms with E-state index in [1.54, 1.807) is 0 Å². The standard InChI is InChI=1S/C18H19NO3/c20-17(21)18(10-12-19-13-11-18)15-8-4-5-9-16(15)22-14-6-2-1-3-7-14/h1-9,19H,10-13H2,(H,20,21). The first-order valence-electron chi connectivity index (χ1n) is 7.49. The van der Waals surface area contributed by atoms with Crippen molar-refractivity contribution in [3.8, 4) is 11.5 Å². The van der Waals surface area contributed by atoms with Crippen molar-refractivity contribution >= 4 is 5.97 Å². The second-order valence-corrected chi connectivity index (χ2v) is 5.55. The van der Waals surface area contributed by atoms with Gasteiger partial charge in [-0.25, -0.2) is 0 Å². The van der Waals surface area contributed by atoms with Crippen molar-refractivity contribution in [2.75, 3.05) is 13.1 Å². The molecule has 4 heteroatoms. The molecule has 114 valence electrons. The minimum Gasteiger partial charge on any atom is -0.481 e. The second-order valence-electron chi connectivity index (χ2n) is 5.55. The number of nitrogens with one attached hydrogen (secondary N) is 1. The van der Waals surface area contributed by atoms with Crippen LogP contribution in [0.5, 0.6) is 11.5 Å². The molecule has 0 atom stereocenters. The Labute approximate surface area is 129 Å². The molecule has 22 heavy (non-hydrogen) atoms. The molecule has 1 aliphatic rings. The van der Waals surface area contributed by atoms with Crippen LogP contribution in [0.2, 0.25) is 0 Å². The molecule has 0 amide bonds. The average molecular weight is 297 g/mol. The number of hydrogen-bond donors (Lipinski definition) is 2. The van der Waals surface area contributed by atoms with Gasteiger partial charge < -0.3 is 15.2 Å². The zero-order chi connectivity index (χ0) is 15.4. The molecule has 3 rings (SSSR count). The Bertz CT molecular complexity index is 648. The Hall–Kier alpha value is -2.33. The van der Waals surface area contributed by atoms with E-state index in [1.165, 1.54) is 0 Å². The van der Waals surface area contributed by atoms with Crippen LogP contribution >= 0.6 is 0 Å². The summed E-state index contributed by atoms with van der Waals surface area (Å²) in [6.07, 6.45) is 1.13. The molecular weight excluding hydrogens is 278 g/mol. The highest BCUT2D eigenvalue weighted by molar-refractivity contribution is 5.82. The second kappa shape index (κ2) is 6.20. The number of ether oxygens (including phenoxy) is 1. The summed E-state index contributed by atoms with van der Waals surface area (Å²) in [5, 5.41) is 13.1. The largest absolute Gasteiger partial charge is 0.481 e. The maximum Gasteiger partial charge on any atom is 0.314 e. The SMILES string of the molecule is O=C(O)C1(c2ccccc2Oc2ccccc2)CCNCC1. The van der Waals surface area contributed by atoms with Gasteiger partial charge in [0.05, 0.1) is 5.41 Å². The number of benzene rings is 2. The van der Waals surface area contributed by atoms with Crippen LogP contribution in [0.15, 0.2) is 54.6 Å². The highest BCUT2D eigenvalue weighted by Crippen LogP contribution is 2.40. The zero-order valence-corrected chi connectivity index (χ0v) is 12.3. The summed E-state index contributed by atoms with van der Waals surface area (Å²) in [7, 11) is 0. The van der Waals surface area contributed by atoms with E-state index in [-0.39, 0.29) is 0 Å². The van der Waals surface area contributed by atoms with E-state index in [9.17, 15) is 9.90 Å². The van der Waals surface area contributed by atoms with E-state index < -0.39 is 11.4 Å². The Morgan fingerprint density at radius 1 is 1.00 bits per heavy atom. The molecular formula is C18H19NO3. The fourth-order valence-corrected chi connectivity index (χ4v) is 3.02. The number of hydrogen-bond acceptors (Lipinski definition) is 3. The van der Waals surface area contributed by atoms with Crippen molar-refractivity contribution in [1.82, 2.24) is 5.32 Å². The van der Waals surface area contributed by atoms with E-state index in [4.69, 9.17) is 4.74 Å². The molecule has 0 aliphatic carbocycles. The minimum atomic E-state index is -0.878. The highest BCUT2D eigenvalue weighted by Gasteiger charge is 2.43. The number of rotatable bonds is 4. The monoisotopic (exact) mass is 297 g/mol. The number of para-hydroxylation sites is 2. The molecule has 2 N–H and O–H groups in total. The van der Waals surface area contributed by atoms with Gasteiger partial charge >= 0.3 is 5.97 Å². The fraction of sp³-hybridized carbons (Fsp3) is 0.278. The number of piperidine rings is 1. The van der Waals surface area contributed by atoms with Crippen LogP contribution < -0.4 is 10.1 Å². The van der Waals surface area contributed by atoms with Gasteiger partial charge in [0.1, 0.15) is 11.5 Å². The Kier molecular flexibility index (Phi) is 4.11. The lowest BCUT2D eigenvalue weighted by Crippen LogP contribution is -2.45. The van der Waals surface area contributed by atoms with Crippen LogP contribution in [0.1, 0.15) is 18.4 Å². The Morgan fingerprint density at radius 2 is 1.64 bits per heavy atom. The van der Waals surface area contributed by atoms with E-state index in [0.717, 1.165) is 5.56 Å². The van der Waals surface area contributed by atoms with Crippen molar-refractivity contribution in [3.05, 3.63) is 60.2 Å². The minimum absolute atomic E-state index is 0.567. The summed E-state index contributed by atoms with van der Waals surface area (Å²) in [4.78, 5) is 12.0. The molecule has 4 nitrogen and oxygen atoms in total. The van der Waals surface area contributed by atoms with Crippen molar-refractivity contribution in [2.45, 2.75) is 18.3 Å². The zero-order valence-electron chi connectivity index (χ0n) is 12.3. The van der Waals surface area contributed by atoms with E-state index >= 15 is 0 Å². The topological polar surface area (TPSA) is 58.6 Å². The molecule has 0 spiro atoms. The normalized spacial score (nSPS) is 16.9. The van der Waals surface area contributed by atoms with Crippen LogP contribution in [-0.4, -0.2) is 24.2 Å². The van der Waals surface area contributed by atoms with Crippen LogP contribution in [0, 0.1) is 0 Å². The quantitative estimate of drug-likeness (QED) is 0.910. The molecule has 1 saturated heterocycles. The summed E-state index contributed by atoms with van der Waals surface area (Å²) in [6.45, 7) is 1.40. The van der Waals surface area contributed by atoms with Crippen LogP contribution in [0.3, 0.4) is 0 Å². The number of carbonyl (C=O) groups is 1. The third-order valence-electron chi connectivity index (χ3n) is 4.24. The van der Waals surface area contributed by atoms with E-state index in [1.807, 2.05) is 54.6 Å². The molecule has 0 aromatic heterocycles. The Balaban J connectivity index is 2.01. The molecule has 0 unspecified atom stereocenters. The van der Waals surface area contributed by atoms with Gasteiger partial charge in [-0.1, -0.05) is 36.4 Å². The first-order chi connectivity index (χ1) is 10.7. The Morgan fingerprint density at radius 3 is 2.32 bits per heavy atom. The maximum absolute atomic E-state index is 12.0. The van der Waals surface area contributed by atoms with Crippen LogP contribution in [0.25, 0.3) is 0 Å². The third-order valence-corrected chi connectivity index (χ3v) is 4.24. The summed E-state index contributed by atoms with van der Waals surface area (Å²) in [5.74, 6) is 0.556. The molecule has 0 bridgehead atoms. The highest BCUT2D eigenvalue weighted by atomic mass is 16.5. The predicted octanol–water partition coefficient (Wildman–Crippen LogP) is 3.18. The molecule has 0 saturated carbocycles. The summed E-state index contributed by atoms with van der Waals surface area (Å²) >= 11 is 0. The molecule has 2 aromatic rings.